The van der Waals surface area contributed by atoms with E-state index in [0.717, 1.165) is 32.4 Å². The maximum absolute atomic E-state index is 12.6. The molecular weight excluding hydrogens is 346 g/mol. The molecule has 0 saturated carbocycles. The Morgan fingerprint density at radius 1 is 0.963 bits per heavy atom. The molecule has 1 N–H and O–H groups in total. The summed E-state index contributed by atoms with van der Waals surface area (Å²) < 4.78 is 11.0. The Balaban J connectivity index is 1.48. The predicted octanol–water partition coefficient (Wildman–Crippen LogP) is 2.73. The molecule has 1 aromatic carbocycles. The number of aromatic nitrogens is 1. The number of pyridine rings is 1. The number of amides is 2. The molecule has 27 heavy (non-hydrogen) atoms. The Hall–Kier alpha value is -3.09. The first-order valence-corrected chi connectivity index (χ1v) is 9.17. The highest BCUT2D eigenvalue weighted by Crippen LogP contribution is 2.32. The smallest absolute Gasteiger partial charge is 0.274 e. The van der Waals surface area contributed by atoms with E-state index < -0.39 is 0 Å². The molecule has 2 amide bonds. The molecule has 0 bridgehead atoms. The molecule has 0 aliphatic carbocycles. The van der Waals surface area contributed by atoms with Gasteiger partial charge in [0.25, 0.3) is 11.8 Å². The zero-order valence-electron chi connectivity index (χ0n) is 14.9. The third-order valence-electron chi connectivity index (χ3n) is 4.68. The van der Waals surface area contributed by atoms with E-state index in [1.807, 2.05) is 4.90 Å². The average molecular weight is 367 g/mol. The van der Waals surface area contributed by atoms with Crippen LogP contribution in [0.15, 0.2) is 36.5 Å². The number of nitrogens with one attached hydrogen (secondary N) is 1. The fraction of sp³-hybridized carbons (Fsp3) is 0.350. The van der Waals surface area contributed by atoms with Crippen LogP contribution in [-0.4, -0.2) is 48.0 Å². The minimum Gasteiger partial charge on any atom is -0.486 e. The summed E-state index contributed by atoms with van der Waals surface area (Å²) in [6.45, 7) is 2.52. The van der Waals surface area contributed by atoms with E-state index >= 15 is 0 Å². The van der Waals surface area contributed by atoms with E-state index in [-0.39, 0.29) is 17.5 Å². The normalized spacial score (nSPS) is 15.9. The minimum absolute atomic E-state index is 0.0505. The number of likely N-dealkylation sites (tertiary alicyclic amines) is 1. The van der Waals surface area contributed by atoms with E-state index in [0.29, 0.717) is 36.0 Å². The number of carbonyl (C=O) groups is 2. The second-order valence-corrected chi connectivity index (χ2v) is 6.60. The summed E-state index contributed by atoms with van der Waals surface area (Å²) in [5.41, 5.74) is 1.27. The quantitative estimate of drug-likeness (QED) is 0.902. The van der Waals surface area contributed by atoms with Crippen molar-refractivity contribution in [2.75, 3.05) is 31.6 Å². The molecule has 2 aliphatic rings. The Morgan fingerprint density at radius 2 is 1.74 bits per heavy atom. The number of fused-ring (bicyclic) bond motifs is 1. The topological polar surface area (TPSA) is 80.8 Å². The predicted molar refractivity (Wildman–Crippen MR) is 99.4 cm³/mol. The van der Waals surface area contributed by atoms with Crippen LogP contribution in [0.25, 0.3) is 0 Å². The summed E-state index contributed by atoms with van der Waals surface area (Å²) in [6.07, 6.45) is 4.70. The molecule has 0 spiro atoms. The van der Waals surface area contributed by atoms with Crippen LogP contribution in [0.1, 0.15) is 40.1 Å². The first-order valence-electron chi connectivity index (χ1n) is 9.17. The van der Waals surface area contributed by atoms with Crippen molar-refractivity contribution in [3.8, 4) is 11.5 Å². The summed E-state index contributed by atoms with van der Waals surface area (Å²) >= 11 is 0. The maximum atomic E-state index is 12.6. The van der Waals surface area contributed by atoms with Crippen LogP contribution in [0, 0.1) is 0 Å². The molecule has 3 heterocycles. The van der Waals surface area contributed by atoms with Gasteiger partial charge in [-0.25, -0.2) is 0 Å². The number of carbonyl (C=O) groups excluding carboxylic acids is 2. The molecule has 7 heteroatoms. The van der Waals surface area contributed by atoms with E-state index in [4.69, 9.17) is 9.47 Å². The van der Waals surface area contributed by atoms with Gasteiger partial charge in [0, 0.05) is 36.6 Å². The highest BCUT2D eigenvalue weighted by Gasteiger charge is 2.20. The van der Waals surface area contributed by atoms with Gasteiger partial charge in [-0.1, -0.05) is 0 Å². The van der Waals surface area contributed by atoms with Gasteiger partial charge in [-0.2, -0.15) is 0 Å². The van der Waals surface area contributed by atoms with Crippen molar-refractivity contribution in [2.24, 2.45) is 0 Å². The molecule has 0 unspecified atom stereocenters. The molecule has 7 nitrogen and oxygen atoms in total. The van der Waals surface area contributed by atoms with Gasteiger partial charge < -0.3 is 19.7 Å². The zero-order valence-corrected chi connectivity index (χ0v) is 14.9. The molecule has 140 valence electrons. The van der Waals surface area contributed by atoms with Crippen LogP contribution in [-0.2, 0) is 0 Å². The zero-order chi connectivity index (χ0) is 18.6. The maximum Gasteiger partial charge on any atom is 0.274 e. The van der Waals surface area contributed by atoms with Gasteiger partial charge in [0.15, 0.2) is 11.5 Å². The number of rotatable bonds is 3. The number of hydrogen-bond donors (Lipinski definition) is 1. The van der Waals surface area contributed by atoms with Gasteiger partial charge in [0.2, 0.25) is 0 Å². The molecule has 1 fully saturated rings. The average Bonchev–Trinajstić information content (AvgIpc) is 2.74. The Morgan fingerprint density at radius 3 is 2.56 bits per heavy atom. The summed E-state index contributed by atoms with van der Waals surface area (Å²) in [5, 5.41) is 2.79. The largest absolute Gasteiger partial charge is 0.486 e. The van der Waals surface area contributed by atoms with Gasteiger partial charge in [0.05, 0.1) is 0 Å². The summed E-state index contributed by atoms with van der Waals surface area (Å²) in [5.74, 6) is 0.831. The standard InChI is InChI=1S/C20H21N3O4/c24-19(22-15-4-5-17-18(13-15)27-11-10-26-17)16-12-14(6-7-21-16)20(25)23-8-2-1-3-9-23/h4-7,12-13H,1-3,8-11H2,(H,22,24). The van der Waals surface area contributed by atoms with Crippen molar-refractivity contribution in [1.82, 2.24) is 9.88 Å². The summed E-state index contributed by atoms with van der Waals surface area (Å²) in [6, 6.07) is 8.42. The first-order chi connectivity index (χ1) is 13.2. The van der Waals surface area contributed by atoms with E-state index in [1.54, 1.807) is 30.3 Å². The summed E-state index contributed by atoms with van der Waals surface area (Å²) in [7, 11) is 0. The van der Waals surface area contributed by atoms with Crippen LogP contribution >= 0.6 is 0 Å². The fourth-order valence-corrected chi connectivity index (χ4v) is 3.28. The first kappa shape index (κ1) is 17.3. The van der Waals surface area contributed by atoms with E-state index in [2.05, 4.69) is 10.3 Å². The summed E-state index contributed by atoms with van der Waals surface area (Å²) in [4.78, 5) is 31.1. The lowest BCUT2D eigenvalue weighted by molar-refractivity contribution is 0.0724. The van der Waals surface area contributed by atoms with E-state index in [1.165, 1.54) is 6.20 Å². The van der Waals surface area contributed by atoms with Gasteiger partial charge in [-0.05, 0) is 43.5 Å². The van der Waals surface area contributed by atoms with Gasteiger partial charge in [-0.15, -0.1) is 0 Å². The minimum atomic E-state index is -0.375. The van der Waals surface area contributed by atoms with Gasteiger partial charge in [0.1, 0.15) is 18.9 Å². The lowest BCUT2D eigenvalue weighted by Crippen LogP contribution is -2.35. The SMILES string of the molecule is O=C(Nc1ccc2c(c1)OCCO2)c1cc(C(=O)N2CCCCC2)ccn1. The number of ether oxygens (including phenoxy) is 2. The fourth-order valence-electron chi connectivity index (χ4n) is 3.28. The van der Waals surface area contributed by atoms with Crippen LogP contribution in [0.3, 0.4) is 0 Å². The van der Waals surface area contributed by atoms with Crippen LogP contribution < -0.4 is 14.8 Å². The van der Waals surface area contributed by atoms with Crippen molar-refractivity contribution in [1.29, 1.82) is 0 Å². The highest BCUT2D eigenvalue weighted by atomic mass is 16.6. The van der Waals surface area contributed by atoms with Crippen molar-refractivity contribution < 1.29 is 19.1 Å². The Labute approximate surface area is 157 Å². The van der Waals surface area contributed by atoms with Crippen molar-refractivity contribution >= 4 is 17.5 Å². The third kappa shape index (κ3) is 3.86. The molecule has 1 saturated heterocycles. The van der Waals surface area contributed by atoms with E-state index in [9.17, 15) is 9.59 Å². The Kier molecular flexibility index (Phi) is 4.91. The monoisotopic (exact) mass is 367 g/mol. The number of hydrogen-bond acceptors (Lipinski definition) is 5. The molecule has 4 rings (SSSR count). The lowest BCUT2D eigenvalue weighted by atomic mass is 10.1. The van der Waals surface area contributed by atoms with Gasteiger partial charge in [-0.3, -0.25) is 14.6 Å². The molecule has 1 aromatic heterocycles. The van der Waals surface area contributed by atoms with Crippen LogP contribution in [0.5, 0.6) is 11.5 Å². The van der Waals surface area contributed by atoms with Crippen molar-refractivity contribution in [3.63, 3.8) is 0 Å². The lowest BCUT2D eigenvalue weighted by Gasteiger charge is -2.26. The number of benzene rings is 1. The number of anilines is 1. The van der Waals surface area contributed by atoms with Crippen LogP contribution in [0.4, 0.5) is 5.69 Å². The molecule has 0 atom stereocenters. The second-order valence-electron chi connectivity index (χ2n) is 6.60. The number of piperidine rings is 1. The van der Waals surface area contributed by atoms with Crippen molar-refractivity contribution in [3.05, 3.63) is 47.8 Å². The molecular formula is C20H21N3O4. The van der Waals surface area contributed by atoms with Crippen molar-refractivity contribution in [2.45, 2.75) is 19.3 Å². The highest BCUT2D eigenvalue weighted by molar-refractivity contribution is 6.04. The molecule has 2 aliphatic heterocycles. The van der Waals surface area contributed by atoms with Crippen LogP contribution in [0.2, 0.25) is 0 Å². The number of nitrogens with zero attached hydrogens (tertiary/aromatic N) is 2. The molecule has 2 aromatic rings. The second kappa shape index (κ2) is 7.65. The molecule has 0 radical (unpaired) electrons. The van der Waals surface area contributed by atoms with Gasteiger partial charge >= 0.3 is 0 Å². The third-order valence-corrected chi connectivity index (χ3v) is 4.68. The Bertz CT molecular complexity index is 862.